The third-order valence-corrected chi connectivity index (χ3v) is 7.31. The van der Waals surface area contributed by atoms with Crippen LogP contribution < -0.4 is 4.72 Å². The van der Waals surface area contributed by atoms with Crippen LogP contribution in [0.2, 0.25) is 4.34 Å². The number of hydrogen-bond acceptors (Lipinski definition) is 3. The zero-order valence-electron chi connectivity index (χ0n) is 14.6. The zero-order valence-corrected chi connectivity index (χ0v) is 17.0. The topological polar surface area (TPSA) is 51.1 Å². The van der Waals surface area contributed by atoms with Crippen molar-refractivity contribution >= 4 is 33.0 Å². The number of nitrogens with one attached hydrogen (secondary N) is 1. The lowest BCUT2D eigenvalue weighted by Gasteiger charge is -2.24. The van der Waals surface area contributed by atoms with Gasteiger partial charge in [-0.1, -0.05) is 55.8 Å². The van der Waals surface area contributed by atoms with Crippen molar-refractivity contribution in [2.24, 2.45) is 5.92 Å². The predicted molar refractivity (Wildman–Crippen MR) is 107 cm³/mol. The van der Waals surface area contributed by atoms with Crippen LogP contribution in [0.25, 0.3) is 0 Å². The smallest absolute Gasteiger partial charge is 0.250 e. The van der Waals surface area contributed by atoms with Crippen molar-refractivity contribution in [3.05, 3.63) is 76.4 Å². The minimum Gasteiger partial charge on any atom is -0.346 e. The van der Waals surface area contributed by atoms with E-state index < -0.39 is 10.0 Å². The fourth-order valence-corrected chi connectivity index (χ4v) is 5.70. The summed E-state index contributed by atoms with van der Waals surface area (Å²) < 4.78 is 31.1. The van der Waals surface area contributed by atoms with E-state index in [0.717, 1.165) is 17.0 Å². The highest BCUT2D eigenvalue weighted by Crippen LogP contribution is 2.29. The van der Waals surface area contributed by atoms with E-state index in [4.69, 9.17) is 11.6 Å². The van der Waals surface area contributed by atoms with Crippen LogP contribution in [0.4, 0.5) is 0 Å². The molecule has 1 atom stereocenters. The molecular weight excluding hydrogens is 388 g/mol. The molecule has 0 radical (unpaired) electrons. The molecule has 26 heavy (non-hydrogen) atoms. The van der Waals surface area contributed by atoms with Gasteiger partial charge < -0.3 is 4.57 Å². The minimum absolute atomic E-state index is 0.0876. The van der Waals surface area contributed by atoms with Crippen molar-refractivity contribution in [1.82, 2.24) is 9.29 Å². The molecule has 7 heteroatoms. The first-order valence-corrected chi connectivity index (χ1v) is 11.0. The van der Waals surface area contributed by atoms with E-state index in [1.165, 1.54) is 11.6 Å². The molecule has 1 aromatic carbocycles. The number of hydrogen-bond donors (Lipinski definition) is 1. The molecule has 0 bridgehead atoms. The molecule has 0 amide bonds. The van der Waals surface area contributed by atoms with E-state index in [9.17, 15) is 8.42 Å². The number of sulfonamides is 1. The molecule has 3 aromatic rings. The fourth-order valence-electron chi connectivity index (χ4n) is 2.84. The predicted octanol–water partition coefficient (Wildman–Crippen LogP) is 4.93. The Morgan fingerprint density at radius 3 is 2.42 bits per heavy atom. The average molecular weight is 409 g/mol. The van der Waals surface area contributed by atoms with Crippen LogP contribution in [0.5, 0.6) is 0 Å². The van der Waals surface area contributed by atoms with Crippen LogP contribution in [0.1, 0.15) is 31.1 Å². The molecule has 3 rings (SSSR count). The second-order valence-corrected chi connectivity index (χ2v) is 10.1. The van der Waals surface area contributed by atoms with Crippen molar-refractivity contribution in [2.45, 2.75) is 30.6 Å². The highest BCUT2D eigenvalue weighted by molar-refractivity contribution is 7.91. The van der Waals surface area contributed by atoms with Gasteiger partial charge in [0.05, 0.1) is 10.4 Å². The fraction of sp³-hybridized carbons (Fsp3) is 0.263. The van der Waals surface area contributed by atoms with E-state index >= 15 is 0 Å². The first kappa shape index (κ1) is 19.2. The lowest BCUT2D eigenvalue weighted by molar-refractivity contribution is 0.441. The van der Waals surface area contributed by atoms with Gasteiger partial charge in [-0.2, -0.15) is 0 Å². The highest BCUT2D eigenvalue weighted by atomic mass is 35.5. The van der Waals surface area contributed by atoms with Crippen molar-refractivity contribution in [1.29, 1.82) is 0 Å². The van der Waals surface area contributed by atoms with Gasteiger partial charge in [-0.3, -0.25) is 0 Å². The van der Waals surface area contributed by atoms with E-state index in [0.29, 0.717) is 10.9 Å². The highest BCUT2D eigenvalue weighted by Gasteiger charge is 2.27. The lowest BCUT2D eigenvalue weighted by atomic mass is 10.0. The standard InChI is InChI=1S/C19H21ClN2O2S2/c1-14(2)19(21-26(23,24)18-11-10-17(20)25-18)16-9-6-12-22(16)13-15-7-4-3-5-8-15/h3-12,14,19,21H,13H2,1-2H3. The molecular formula is C19H21ClN2O2S2. The second-order valence-electron chi connectivity index (χ2n) is 6.45. The molecule has 138 valence electrons. The Hall–Kier alpha value is -1.60. The monoisotopic (exact) mass is 408 g/mol. The van der Waals surface area contributed by atoms with E-state index in [1.807, 2.05) is 50.4 Å². The van der Waals surface area contributed by atoms with Crippen LogP contribution in [-0.4, -0.2) is 13.0 Å². The largest absolute Gasteiger partial charge is 0.346 e. The summed E-state index contributed by atoms with van der Waals surface area (Å²) >= 11 is 6.96. The van der Waals surface area contributed by atoms with Crippen LogP contribution in [0, 0.1) is 5.92 Å². The Balaban J connectivity index is 1.89. The summed E-state index contributed by atoms with van der Waals surface area (Å²) in [5.41, 5.74) is 2.11. The van der Waals surface area contributed by atoms with Gasteiger partial charge in [0.15, 0.2) is 0 Å². The van der Waals surface area contributed by atoms with E-state index in [1.54, 1.807) is 6.07 Å². The zero-order chi connectivity index (χ0) is 18.7. The quantitative estimate of drug-likeness (QED) is 0.602. The Kier molecular flexibility index (Phi) is 5.87. The second kappa shape index (κ2) is 7.96. The van der Waals surface area contributed by atoms with Gasteiger partial charge in [-0.15, -0.1) is 11.3 Å². The number of benzene rings is 1. The van der Waals surface area contributed by atoms with Crippen molar-refractivity contribution in [3.63, 3.8) is 0 Å². The molecule has 1 N–H and O–H groups in total. The summed E-state index contributed by atoms with van der Waals surface area (Å²) in [6, 6.07) is 16.8. The molecule has 0 aliphatic heterocycles. The van der Waals surface area contributed by atoms with Gasteiger partial charge in [0.2, 0.25) is 0 Å². The number of halogens is 1. The van der Waals surface area contributed by atoms with Crippen LogP contribution in [0.3, 0.4) is 0 Å². The Morgan fingerprint density at radius 1 is 1.08 bits per heavy atom. The normalized spacial score (nSPS) is 13.2. The molecule has 0 fully saturated rings. The lowest BCUT2D eigenvalue weighted by Crippen LogP contribution is -2.32. The summed E-state index contributed by atoms with van der Waals surface area (Å²) in [4.78, 5) is 0. The Labute approximate surface area is 163 Å². The Morgan fingerprint density at radius 2 is 1.81 bits per heavy atom. The van der Waals surface area contributed by atoms with E-state index in [2.05, 4.69) is 21.4 Å². The first-order chi connectivity index (χ1) is 12.4. The molecule has 0 aliphatic carbocycles. The third-order valence-electron chi connectivity index (χ3n) is 4.14. The van der Waals surface area contributed by atoms with Gasteiger partial charge in [0.1, 0.15) is 4.21 Å². The summed E-state index contributed by atoms with van der Waals surface area (Å²) in [6.45, 7) is 4.71. The SMILES string of the molecule is CC(C)C(NS(=O)(=O)c1ccc(Cl)s1)c1cccn1Cc1ccccc1. The van der Waals surface area contributed by atoms with Gasteiger partial charge >= 0.3 is 0 Å². The Bertz CT molecular complexity index is 962. The maximum absolute atomic E-state index is 12.8. The summed E-state index contributed by atoms with van der Waals surface area (Å²) in [7, 11) is -3.63. The van der Waals surface area contributed by atoms with Crippen LogP contribution in [-0.2, 0) is 16.6 Å². The molecule has 4 nitrogen and oxygen atoms in total. The third kappa shape index (κ3) is 4.38. The van der Waals surface area contributed by atoms with Crippen molar-refractivity contribution in [3.8, 4) is 0 Å². The number of nitrogens with zero attached hydrogens (tertiary/aromatic N) is 1. The molecule has 0 aliphatic rings. The minimum atomic E-state index is -3.63. The molecule has 0 spiro atoms. The molecule has 0 saturated heterocycles. The molecule has 2 heterocycles. The number of thiophene rings is 1. The van der Waals surface area contributed by atoms with Crippen molar-refractivity contribution in [2.75, 3.05) is 0 Å². The first-order valence-electron chi connectivity index (χ1n) is 8.33. The van der Waals surface area contributed by atoms with Gasteiger partial charge in [0, 0.05) is 18.4 Å². The van der Waals surface area contributed by atoms with E-state index in [-0.39, 0.29) is 16.2 Å². The van der Waals surface area contributed by atoms with Gasteiger partial charge in [-0.05, 0) is 35.7 Å². The number of rotatable bonds is 7. The van der Waals surface area contributed by atoms with Crippen molar-refractivity contribution < 1.29 is 8.42 Å². The summed E-state index contributed by atoms with van der Waals surface area (Å²) in [6.07, 6.45) is 1.98. The summed E-state index contributed by atoms with van der Waals surface area (Å²) in [5, 5.41) is 0. The van der Waals surface area contributed by atoms with Crippen LogP contribution >= 0.6 is 22.9 Å². The number of aromatic nitrogens is 1. The van der Waals surface area contributed by atoms with Gasteiger partial charge in [-0.25, -0.2) is 13.1 Å². The maximum atomic E-state index is 12.8. The van der Waals surface area contributed by atoms with Crippen LogP contribution in [0.15, 0.2) is 65.0 Å². The molecule has 2 aromatic heterocycles. The summed E-state index contributed by atoms with van der Waals surface area (Å²) in [5.74, 6) is 0.0876. The maximum Gasteiger partial charge on any atom is 0.250 e. The molecule has 1 unspecified atom stereocenters. The van der Waals surface area contributed by atoms with Gasteiger partial charge in [0.25, 0.3) is 10.0 Å². The molecule has 0 saturated carbocycles. The average Bonchev–Trinajstić information content (AvgIpc) is 3.23.